The minimum absolute atomic E-state index is 0.438. The molecular weight excluding hydrogens is 284 g/mol. The van der Waals surface area contributed by atoms with Gasteiger partial charge in [0.25, 0.3) is 0 Å². The molecule has 0 bridgehead atoms. The molecule has 0 saturated heterocycles. The fourth-order valence-electron chi connectivity index (χ4n) is 2.06. The average Bonchev–Trinajstić information content (AvgIpc) is 2.99. The summed E-state index contributed by atoms with van der Waals surface area (Å²) >= 11 is 0. The van der Waals surface area contributed by atoms with Crippen molar-refractivity contribution in [1.82, 2.24) is 0 Å². The van der Waals surface area contributed by atoms with Gasteiger partial charge in [0.2, 0.25) is 0 Å². The summed E-state index contributed by atoms with van der Waals surface area (Å²) in [6, 6.07) is 7.35. The van der Waals surface area contributed by atoms with Crippen LogP contribution in [0.2, 0.25) is 0 Å². The lowest BCUT2D eigenvalue weighted by atomic mass is 10.0. The Kier molecular flexibility index (Phi) is 3.42. The van der Waals surface area contributed by atoms with Gasteiger partial charge in [-0.15, -0.1) is 0 Å². The summed E-state index contributed by atoms with van der Waals surface area (Å²) in [4.78, 5) is 32.1. The van der Waals surface area contributed by atoms with Crippen LogP contribution in [0, 0.1) is 0 Å². The molecule has 1 aromatic carbocycles. The zero-order valence-corrected chi connectivity index (χ0v) is 12.0. The second-order valence-corrected chi connectivity index (χ2v) is 4.89. The van der Waals surface area contributed by atoms with Gasteiger partial charge in [0, 0.05) is 0 Å². The van der Waals surface area contributed by atoms with E-state index in [1.807, 2.05) is 24.3 Å². The first-order valence-electron chi connectivity index (χ1n) is 6.60. The van der Waals surface area contributed by atoms with Crippen LogP contribution in [0.4, 0.5) is 0 Å². The van der Waals surface area contributed by atoms with E-state index in [0.29, 0.717) is 22.6 Å². The molecule has 0 atom stereocenters. The van der Waals surface area contributed by atoms with Gasteiger partial charge in [-0.3, -0.25) is 0 Å². The minimum Gasteiger partial charge on any atom is -0.312 e. The molecule has 0 amide bonds. The molecule has 110 valence electrons. The summed E-state index contributed by atoms with van der Waals surface area (Å²) in [5, 5.41) is 7.24. The fourth-order valence-corrected chi connectivity index (χ4v) is 2.06. The first kappa shape index (κ1) is 13.9. The monoisotopic (exact) mass is 296 g/mol. The molecule has 2 aliphatic heterocycles. The van der Waals surface area contributed by atoms with E-state index < -0.39 is 11.9 Å². The Morgan fingerprint density at radius 3 is 1.41 bits per heavy atom. The molecule has 0 saturated carbocycles. The molecule has 2 heterocycles. The average molecular weight is 296 g/mol. The van der Waals surface area contributed by atoms with Crippen LogP contribution in [0.15, 0.2) is 45.7 Å². The maximum atomic E-state index is 11.5. The highest BCUT2D eigenvalue weighted by Gasteiger charge is 2.22. The maximum Gasteiger partial charge on any atom is 0.367 e. The van der Waals surface area contributed by atoms with Crippen molar-refractivity contribution in [2.45, 2.75) is 13.8 Å². The van der Waals surface area contributed by atoms with Crippen LogP contribution in [0.3, 0.4) is 0 Å². The predicted octanol–water partition coefficient (Wildman–Crippen LogP) is 2.32. The minimum atomic E-state index is -0.454. The molecule has 0 radical (unpaired) electrons. The van der Waals surface area contributed by atoms with Gasteiger partial charge in [-0.2, -0.15) is 0 Å². The number of hydrogen-bond acceptors (Lipinski definition) is 6. The van der Waals surface area contributed by atoms with Crippen molar-refractivity contribution in [3.05, 3.63) is 46.5 Å². The quantitative estimate of drug-likeness (QED) is 0.620. The third kappa shape index (κ3) is 2.58. The van der Waals surface area contributed by atoms with E-state index in [4.69, 9.17) is 0 Å². The third-order valence-corrected chi connectivity index (χ3v) is 3.31. The highest BCUT2D eigenvalue weighted by Crippen LogP contribution is 2.18. The van der Waals surface area contributed by atoms with Crippen LogP contribution in [0.25, 0.3) is 12.2 Å². The Hall–Kier alpha value is -3.02. The first-order chi connectivity index (χ1) is 10.5. The lowest BCUT2D eigenvalue weighted by molar-refractivity contribution is -0.137. The van der Waals surface area contributed by atoms with Gasteiger partial charge in [-0.05, 0) is 37.1 Å². The summed E-state index contributed by atoms with van der Waals surface area (Å²) in [6.45, 7) is 3.42. The normalized spacial score (nSPS) is 21.0. The molecule has 2 aliphatic rings. The lowest BCUT2D eigenvalue weighted by Crippen LogP contribution is -2.02. The van der Waals surface area contributed by atoms with Gasteiger partial charge in [-0.1, -0.05) is 34.6 Å². The van der Waals surface area contributed by atoms with Crippen LogP contribution >= 0.6 is 0 Å². The molecule has 22 heavy (non-hydrogen) atoms. The van der Waals surface area contributed by atoms with Crippen molar-refractivity contribution in [1.29, 1.82) is 0 Å². The van der Waals surface area contributed by atoms with Crippen molar-refractivity contribution in [3.8, 4) is 0 Å². The van der Waals surface area contributed by atoms with Crippen LogP contribution in [0.1, 0.15) is 25.0 Å². The molecule has 0 fully saturated rings. The molecule has 0 spiro atoms. The number of benzene rings is 1. The van der Waals surface area contributed by atoms with Gasteiger partial charge in [0.05, 0.1) is 22.6 Å². The van der Waals surface area contributed by atoms with Crippen molar-refractivity contribution in [3.63, 3.8) is 0 Å². The first-order valence-corrected chi connectivity index (χ1v) is 6.60. The van der Waals surface area contributed by atoms with E-state index in [1.165, 1.54) is 0 Å². The standard InChI is InChI=1S/C16H12N2O4/c1-9-13(15(19)21-17-9)7-11-3-5-12(6-4-11)8-14-10(2)18-22-16(14)20/h3-8H,1-2H3/b13-7+,14-8+. The fraction of sp³-hybridized carbons (Fsp3) is 0.125. The Labute approximate surface area is 126 Å². The van der Waals surface area contributed by atoms with Crippen molar-refractivity contribution in [2.75, 3.05) is 0 Å². The number of oxime groups is 2. The zero-order valence-electron chi connectivity index (χ0n) is 12.0. The van der Waals surface area contributed by atoms with Gasteiger partial charge in [-0.25, -0.2) is 9.59 Å². The molecule has 6 heteroatoms. The van der Waals surface area contributed by atoms with Crippen LogP contribution in [-0.2, 0) is 19.3 Å². The molecule has 1 aromatic rings. The molecule has 0 unspecified atom stereocenters. The topological polar surface area (TPSA) is 77.3 Å². The van der Waals surface area contributed by atoms with E-state index in [9.17, 15) is 9.59 Å². The largest absolute Gasteiger partial charge is 0.367 e. The summed E-state index contributed by atoms with van der Waals surface area (Å²) < 4.78 is 0. The Morgan fingerprint density at radius 1 is 0.773 bits per heavy atom. The van der Waals surface area contributed by atoms with Crippen molar-refractivity contribution < 1.29 is 19.3 Å². The Morgan fingerprint density at radius 2 is 1.14 bits per heavy atom. The van der Waals surface area contributed by atoms with E-state index >= 15 is 0 Å². The van der Waals surface area contributed by atoms with E-state index in [0.717, 1.165) is 11.1 Å². The SMILES string of the molecule is CC1=NOC(=O)/C1=C/c1ccc(/C=C2/C(=O)ON=C2C)cc1. The van der Waals surface area contributed by atoms with Crippen LogP contribution in [-0.4, -0.2) is 23.4 Å². The van der Waals surface area contributed by atoms with Gasteiger partial charge in [0.1, 0.15) is 0 Å². The highest BCUT2D eigenvalue weighted by atomic mass is 16.7. The maximum absolute atomic E-state index is 11.5. The number of hydrogen-bond donors (Lipinski definition) is 0. The summed E-state index contributed by atoms with van der Waals surface area (Å²) in [7, 11) is 0. The van der Waals surface area contributed by atoms with Crippen molar-refractivity contribution >= 4 is 35.5 Å². The molecule has 3 rings (SSSR count). The van der Waals surface area contributed by atoms with Crippen LogP contribution < -0.4 is 0 Å². The second-order valence-electron chi connectivity index (χ2n) is 4.89. The molecule has 0 aliphatic carbocycles. The molecule has 6 nitrogen and oxygen atoms in total. The van der Waals surface area contributed by atoms with Gasteiger partial charge >= 0.3 is 11.9 Å². The van der Waals surface area contributed by atoms with Gasteiger partial charge < -0.3 is 9.68 Å². The lowest BCUT2D eigenvalue weighted by Gasteiger charge is -1.99. The zero-order chi connectivity index (χ0) is 15.7. The number of nitrogens with zero attached hydrogens (tertiary/aromatic N) is 2. The Bertz CT molecular complexity index is 716. The third-order valence-electron chi connectivity index (χ3n) is 3.31. The second kappa shape index (κ2) is 5.40. The summed E-state index contributed by atoms with van der Waals surface area (Å²) in [5.74, 6) is -0.909. The molecular formula is C16H12N2O4. The summed E-state index contributed by atoms with van der Waals surface area (Å²) in [5.41, 5.74) is 3.66. The van der Waals surface area contributed by atoms with E-state index in [2.05, 4.69) is 20.0 Å². The highest BCUT2D eigenvalue weighted by molar-refractivity contribution is 6.25. The molecule has 0 aromatic heterocycles. The number of carbonyl (C=O) groups is 2. The predicted molar refractivity (Wildman–Crippen MR) is 80.8 cm³/mol. The number of rotatable bonds is 2. The van der Waals surface area contributed by atoms with Gasteiger partial charge in [0.15, 0.2) is 0 Å². The van der Waals surface area contributed by atoms with E-state index in [-0.39, 0.29) is 0 Å². The molecule has 0 N–H and O–H groups in total. The Balaban J connectivity index is 1.85. The van der Waals surface area contributed by atoms with E-state index in [1.54, 1.807) is 26.0 Å². The summed E-state index contributed by atoms with van der Waals surface area (Å²) in [6.07, 6.45) is 3.42. The number of carbonyl (C=O) groups excluding carboxylic acids is 2. The smallest absolute Gasteiger partial charge is 0.312 e. The van der Waals surface area contributed by atoms with Crippen LogP contribution in [0.5, 0.6) is 0 Å². The van der Waals surface area contributed by atoms with Crippen molar-refractivity contribution in [2.24, 2.45) is 10.3 Å².